The standard InChI is InChI=1S/C24H25BrN2/c1-16-8-5-9-17(2)23(16)26-14-20-12-7-13-21(22(20)25)15-27-24-18(3)10-6-11-19(24)4/h5-14,27H,15H2,1-4H3. The lowest BCUT2D eigenvalue weighted by molar-refractivity contribution is 1.12. The lowest BCUT2D eigenvalue weighted by Crippen LogP contribution is -2.04. The molecule has 0 radical (unpaired) electrons. The fourth-order valence-corrected chi connectivity index (χ4v) is 3.76. The molecule has 0 heterocycles. The van der Waals surface area contributed by atoms with Crippen molar-refractivity contribution in [3.05, 3.63) is 92.5 Å². The molecule has 0 fully saturated rings. The maximum Gasteiger partial charge on any atom is 0.0688 e. The Hall–Kier alpha value is -2.39. The molecule has 138 valence electrons. The zero-order chi connectivity index (χ0) is 19.4. The quantitative estimate of drug-likeness (QED) is 0.439. The van der Waals surface area contributed by atoms with E-state index in [0.717, 1.165) is 22.3 Å². The Morgan fingerprint density at radius 2 is 1.37 bits per heavy atom. The molecule has 0 aromatic heterocycles. The first-order valence-corrected chi connectivity index (χ1v) is 9.94. The molecule has 0 amide bonds. The summed E-state index contributed by atoms with van der Waals surface area (Å²) in [4.78, 5) is 4.75. The minimum atomic E-state index is 0.761. The van der Waals surface area contributed by atoms with Crippen LogP contribution in [0.5, 0.6) is 0 Å². The number of rotatable bonds is 5. The number of anilines is 1. The van der Waals surface area contributed by atoms with Crippen LogP contribution < -0.4 is 5.32 Å². The van der Waals surface area contributed by atoms with Gasteiger partial charge < -0.3 is 5.32 Å². The summed E-state index contributed by atoms with van der Waals surface area (Å²) in [6.45, 7) is 9.23. The predicted molar refractivity (Wildman–Crippen MR) is 121 cm³/mol. The lowest BCUT2D eigenvalue weighted by atomic mass is 10.1. The molecule has 0 aliphatic heterocycles. The van der Waals surface area contributed by atoms with Crippen LogP contribution in [0.15, 0.2) is 64.1 Å². The van der Waals surface area contributed by atoms with E-state index in [4.69, 9.17) is 4.99 Å². The number of aryl methyl sites for hydroxylation is 4. The highest BCUT2D eigenvalue weighted by atomic mass is 79.9. The SMILES string of the molecule is Cc1cccc(C)c1N=Cc1cccc(CNc2c(C)cccc2C)c1Br. The van der Waals surface area contributed by atoms with Gasteiger partial charge in [0, 0.05) is 28.5 Å². The molecule has 27 heavy (non-hydrogen) atoms. The number of hydrogen-bond donors (Lipinski definition) is 1. The molecule has 0 saturated heterocycles. The molecule has 0 spiro atoms. The van der Waals surface area contributed by atoms with Crippen LogP contribution in [0.25, 0.3) is 0 Å². The molecule has 3 aromatic carbocycles. The van der Waals surface area contributed by atoms with Crippen LogP contribution in [0.4, 0.5) is 11.4 Å². The highest BCUT2D eigenvalue weighted by molar-refractivity contribution is 9.10. The average molecular weight is 421 g/mol. The summed E-state index contributed by atoms with van der Waals surface area (Å²) in [5.41, 5.74) is 9.45. The first-order valence-electron chi connectivity index (χ1n) is 9.15. The summed E-state index contributed by atoms with van der Waals surface area (Å²) < 4.78 is 1.08. The Morgan fingerprint density at radius 3 is 2.00 bits per heavy atom. The van der Waals surface area contributed by atoms with Crippen LogP contribution >= 0.6 is 15.9 Å². The van der Waals surface area contributed by atoms with Gasteiger partial charge in [0.05, 0.1) is 5.69 Å². The van der Waals surface area contributed by atoms with Crippen molar-refractivity contribution >= 4 is 33.5 Å². The summed E-state index contributed by atoms with van der Waals surface area (Å²) in [5.74, 6) is 0. The van der Waals surface area contributed by atoms with Crippen LogP contribution in [0.1, 0.15) is 33.4 Å². The maximum absolute atomic E-state index is 4.75. The molecule has 0 atom stereocenters. The molecule has 3 rings (SSSR count). The summed E-state index contributed by atoms with van der Waals surface area (Å²) >= 11 is 3.77. The van der Waals surface area contributed by atoms with E-state index in [9.17, 15) is 0 Å². The zero-order valence-corrected chi connectivity index (χ0v) is 17.9. The minimum Gasteiger partial charge on any atom is -0.380 e. The Labute approximate surface area is 170 Å². The zero-order valence-electron chi connectivity index (χ0n) is 16.3. The van der Waals surface area contributed by atoms with E-state index < -0.39 is 0 Å². The van der Waals surface area contributed by atoms with Gasteiger partial charge in [-0.1, -0.05) is 54.6 Å². The van der Waals surface area contributed by atoms with Crippen molar-refractivity contribution in [2.75, 3.05) is 5.32 Å². The molecular formula is C24H25BrN2. The smallest absolute Gasteiger partial charge is 0.0688 e. The number of aliphatic imine (C=N–C) groups is 1. The van der Waals surface area contributed by atoms with Gasteiger partial charge in [0.15, 0.2) is 0 Å². The maximum atomic E-state index is 4.75. The van der Waals surface area contributed by atoms with Crippen molar-refractivity contribution < 1.29 is 0 Å². The van der Waals surface area contributed by atoms with E-state index in [1.54, 1.807) is 0 Å². The third-order valence-electron chi connectivity index (χ3n) is 4.82. The van der Waals surface area contributed by atoms with Gasteiger partial charge in [-0.2, -0.15) is 0 Å². The number of para-hydroxylation sites is 2. The lowest BCUT2D eigenvalue weighted by Gasteiger charge is -2.14. The summed E-state index contributed by atoms with van der Waals surface area (Å²) in [6.07, 6.45) is 1.95. The predicted octanol–water partition coefficient (Wildman–Crippen LogP) is 7.05. The second kappa shape index (κ2) is 8.53. The van der Waals surface area contributed by atoms with Crippen molar-refractivity contribution in [3.8, 4) is 0 Å². The van der Waals surface area contributed by atoms with Gasteiger partial charge in [-0.3, -0.25) is 4.99 Å². The van der Waals surface area contributed by atoms with Crippen LogP contribution in [0.3, 0.4) is 0 Å². The third kappa shape index (κ3) is 4.48. The molecule has 3 heteroatoms. The number of hydrogen-bond acceptors (Lipinski definition) is 2. The van der Waals surface area contributed by atoms with Crippen molar-refractivity contribution in [2.45, 2.75) is 34.2 Å². The normalized spacial score (nSPS) is 11.1. The van der Waals surface area contributed by atoms with E-state index in [-0.39, 0.29) is 0 Å². The van der Waals surface area contributed by atoms with E-state index in [1.807, 2.05) is 6.21 Å². The van der Waals surface area contributed by atoms with Crippen LogP contribution in [-0.2, 0) is 6.54 Å². The third-order valence-corrected chi connectivity index (χ3v) is 5.78. The van der Waals surface area contributed by atoms with Gasteiger partial charge in [0.2, 0.25) is 0 Å². The number of nitrogens with zero attached hydrogens (tertiary/aromatic N) is 1. The molecule has 0 unspecified atom stereocenters. The topological polar surface area (TPSA) is 24.4 Å². The number of benzene rings is 3. The van der Waals surface area contributed by atoms with Crippen molar-refractivity contribution in [2.24, 2.45) is 4.99 Å². The fraction of sp³-hybridized carbons (Fsp3) is 0.208. The number of nitrogens with one attached hydrogen (secondary N) is 1. The van der Waals surface area contributed by atoms with Crippen molar-refractivity contribution in [1.29, 1.82) is 0 Å². The number of halogens is 1. The molecule has 2 nitrogen and oxygen atoms in total. The van der Waals surface area contributed by atoms with E-state index >= 15 is 0 Å². The minimum absolute atomic E-state index is 0.761. The van der Waals surface area contributed by atoms with Gasteiger partial charge in [-0.25, -0.2) is 0 Å². The van der Waals surface area contributed by atoms with Crippen LogP contribution in [0.2, 0.25) is 0 Å². The summed E-state index contributed by atoms with van der Waals surface area (Å²) in [5, 5.41) is 3.58. The molecule has 3 aromatic rings. The molecule has 0 aliphatic carbocycles. The largest absolute Gasteiger partial charge is 0.380 e. The second-order valence-corrected chi connectivity index (χ2v) is 7.73. The summed E-state index contributed by atoms with van der Waals surface area (Å²) in [7, 11) is 0. The summed E-state index contributed by atoms with van der Waals surface area (Å²) in [6, 6.07) is 18.9. The highest BCUT2D eigenvalue weighted by Crippen LogP contribution is 2.26. The molecular weight excluding hydrogens is 396 g/mol. The van der Waals surface area contributed by atoms with Crippen molar-refractivity contribution in [3.63, 3.8) is 0 Å². The fourth-order valence-electron chi connectivity index (χ4n) is 3.26. The van der Waals surface area contributed by atoms with Gasteiger partial charge in [-0.15, -0.1) is 0 Å². The first kappa shape index (κ1) is 19.4. The van der Waals surface area contributed by atoms with E-state index in [1.165, 1.54) is 33.5 Å². The average Bonchev–Trinajstić information content (AvgIpc) is 2.63. The molecule has 0 aliphatic rings. The van der Waals surface area contributed by atoms with Crippen LogP contribution in [-0.4, -0.2) is 6.21 Å². The van der Waals surface area contributed by atoms with Crippen LogP contribution in [0, 0.1) is 27.7 Å². The van der Waals surface area contributed by atoms with Gasteiger partial charge in [0.1, 0.15) is 0 Å². The van der Waals surface area contributed by atoms with E-state index in [2.05, 4.69) is 104 Å². The Morgan fingerprint density at radius 1 is 0.815 bits per heavy atom. The van der Waals surface area contributed by atoms with Crippen molar-refractivity contribution in [1.82, 2.24) is 0 Å². The highest BCUT2D eigenvalue weighted by Gasteiger charge is 2.07. The monoisotopic (exact) mass is 420 g/mol. The Balaban J connectivity index is 1.83. The molecule has 1 N–H and O–H groups in total. The molecule has 0 bridgehead atoms. The Kier molecular flexibility index (Phi) is 6.12. The van der Waals surface area contributed by atoms with Gasteiger partial charge >= 0.3 is 0 Å². The van der Waals surface area contributed by atoms with Gasteiger partial charge in [0.25, 0.3) is 0 Å². The van der Waals surface area contributed by atoms with E-state index in [0.29, 0.717) is 0 Å². The first-order chi connectivity index (χ1) is 13.0. The van der Waals surface area contributed by atoms with Gasteiger partial charge in [-0.05, 0) is 71.4 Å². The molecule has 0 saturated carbocycles. The Bertz CT molecular complexity index is 949. The second-order valence-electron chi connectivity index (χ2n) is 6.94.